The SMILES string of the molecule is CC(C)(C)CC(O)CNC1CCNC1. The van der Waals surface area contributed by atoms with Crippen LogP contribution >= 0.6 is 0 Å². The molecule has 14 heavy (non-hydrogen) atoms. The molecular weight excluding hydrogens is 176 g/mol. The van der Waals surface area contributed by atoms with E-state index in [9.17, 15) is 5.11 Å². The van der Waals surface area contributed by atoms with Gasteiger partial charge in [-0.2, -0.15) is 0 Å². The second-order valence-electron chi connectivity index (χ2n) is 5.52. The van der Waals surface area contributed by atoms with Gasteiger partial charge in [0.1, 0.15) is 0 Å². The molecule has 3 heteroatoms. The van der Waals surface area contributed by atoms with E-state index in [1.54, 1.807) is 0 Å². The molecule has 1 aliphatic heterocycles. The van der Waals surface area contributed by atoms with E-state index in [2.05, 4.69) is 31.4 Å². The van der Waals surface area contributed by atoms with Crippen molar-refractivity contribution in [2.45, 2.75) is 45.8 Å². The van der Waals surface area contributed by atoms with Gasteiger partial charge in [0, 0.05) is 19.1 Å². The topological polar surface area (TPSA) is 44.3 Å². The van der Waals surface area contributed by atoms with E-state index < -0.39 is 0 Å². The summed E-state index contributed by atoms with van der Waals surface area (Å²) in [5.41, 5.74) is 0.217. The van der Waals surface area contributed by atoms with Gasteiger partial charge in [-0.1, -0.05) is 20.8 Å². The van der Waals surface area contributed by atoms with Crippen molar-refractivity contribution in [2.24, 2.45) is 5.41 Å². The summed E-state index contributed by atoms with van der Waals surface area (Å²) < 4.78 is 0. The van der Waals surface area contributed by atoms with Gasteiger partial charge in [-0.25, -0.2) is 0 Å². The molecule has 0 radical (unpaired) electrons. The first-order valence-electron chi connectivity index (χ1n) is 5.59. The second-order valence-corrected chi connectivity index (χ2v) is 5.52. The smallest absolute Gasteiger partial charge is 0.0669 e. The number of rotatable bonds is 4. The molecule has 2 unspecified atom stereocenters. The molecule has 0 spiro atoms. The van der Waals surface area contributed by atoms with Crippen LogP contribution in [0.25, 0.3) is 0 Å². The maximum Gasteiger partial charge on any atom is 0.0669 e. The fraction of sp³-hybridized carbons (Fsp3) is 1.00. The summed E-state index contributed by atoms with van der Waals surface area (Å²) in [4.78, 5) is 0. The molecule has 1 aliphatic rings. The molecular formula is C11H24N2O. The van der Waals surface area contributed by atoms with Crippen LogP contribution in [0.5, 0.6) is 0 Å². The molecule has 0 aromatic rings. The lowest BCUT2D eigenvalue weighted by Gasteiger charge is -2.23. The Morgan fingerprint density at radius 3 is 2.71 bits per heavy atom. The van der Waals surface area contributed by atoms with Crippen LogP contribution in [-0.4, -0.2) is 36.9 Å². The summed E-state index contributed by atoms with van der Waals surface area (Å²) in [6.07, 6.45) is 1.83. The van der Waals surface area contributed by atoms with Gasteiger partial charge < -0.3 is 15.7 Å². The zero-order valence-corrected chi connectivity index (χ0v) is 9.64. The predicted octanol–water partition coefficient (Wildman–Crippen LogP) is 0.735. The fourth-order valence-electron chi connectivity index (χ4n) is 1.91. The third-order valence-electron chi connectivity index (χ3n) is 2.55. The van der Waals surface area contributed by atoms with Crippen molar-refractivity contribution in [2.75, 3.05) is 19.6 Å². The first-order valence-corrected chi connectivity index (χ1v) is 5.59. The Morgan fingerprint density at radius 2 is 2.21 bits per heavy atom. The summed E-state index contributed by atoms with van der Waals surface area (Å²) in [7, 11) is 0. The molecule has 1 heterocycles. The Bertz CT molecular complexity index is 159. The van der Waals surface area contributed by atoms with E-state index in [-0.39, 0.29) is 11.5 Å². The molecule has 2 atom stereocenters. The van der Waals surface area contributed by atoms with Gasteiger partial charge in [0.25, 0.3) is 0 Å². The summed E-state index contributed by atoms with van der Waals surface area (Å²) in [6, 6.07) is 0.560. The molecule has 1 fully saturated rings. The van der Waals surface area contributed by atoms with Gasteiger partial charge in [-0.3, -0.25) is 0 Å². The molecule has 0 bridgehead atoms. The first kappa shape index (κ1) is 12.0. The maximum atomic E-state index is 9.76. The van der Waals surface area contributed by atoms with Crippen LogP contribution in [0, 0.1) is 5.41 Å². The standard InChI is InChI=1S/C11H24N2O/c1-11(2,3)6-10(14)8-13-9-4-5-12-7-9/h9-10,12-14H,4-8H2,1-3H3. The maximum absolute atomic E-state index is 9.76. The van der Waals surface area contributed by atoms with Crippen molar-refractivity contribution >= 4 is 0 Å². The van der Waals surface area contributed by atoms with Crippen LogP contribution in [-0.2, 0) is 0 Å². The predicted molar refractivity (Wildman–Crippen MR) is 59.4 cm³/mol. The third kappa shape index (κ3) is 4.94. The Balaban J connectivity index is 2.11. The van der Waals surface area contributed by atoms with E-state index >= 15 is 0 Å². The van der Waals surface area contributed by atoms with E-state index in [1.807, 2.05) is 0 Å². The van der Waals surface area contributed by atoms with Crippen molar-refractivity contribution in [3.63, 3.8) is 0 Å². The van der Waals surface area contributed by atoms with Crippen LogP contribution in [0.4, 0.5) is 0 Å². The molecule has 0 amide bonds. The molecule has 84 valence electrons. The minimum absolute atomic E-state index is 0.212. The van der Waals surface area contributed by atoms with Gasteiger partial charge in [0.2, 0.25) is 0 Å². The van der Waals surface area contributed by atoms with E-state index in [4.69, 9.17) is 0 Å². The number of nitrogens with one attached hydrogen (secondary N) is 2. The molecule has 3 N–H and O–H groups in total. The Hall–Kier alpha value is -0.120. The van der Waals surface area contributed by atoms with Gasteiger partial charge in [-0.15, -0.1) is 0 Å². The van der Waals surface area contributed by atoms with Crippen molar-refractivity contribution in [1.82, 2.24) is 10.6 Å². The second kappa shape index (κ2) is 5.10. The molecule has 0 aliphatic carbocycles. The minimum atomic E-state index is -0.212. The van der Waals surface area contributed by atoms with Crippen LogP contribution < -0.4 is 10.6 Å². The Labute approximate surface area is 87.3 Å². The minimum Gasteiger partial charge on any atom is -0.392 e. The highest BCUT2D eigenvalue weighted by Gasteiger charge is 2.19. The molecule has 0 saturated carbocycles. The van der Waals surface area contributed by atoms with E-state index in [0.29, 0.717) is 6.04 Å². The largest absolute Gasteiger partial charge is 0.392 e. The van der Waals surface area contributed by atoms with Crippen molar-refractivity contribution in [3.05, 3.63) is 0 Å². The lowest BCUT2D eigenvalue weighted by Crippen LogP contribution is -2.38. The van der Waals surface area contributed by atoms with Gasteiger partial charge >= 0.3 is 0 Å². The van der Waals surface area contributed by atoms with Gasteiger partial charge in [0.05, 0.1) is 6.10 Å². The highest BCUT2D eigenvalue weighted by atomic mass is 16.3. The summed E-state index contributed by atoms with van der Waals surface area (Å²) in [5, 5.41) is 16.5. The number of aliphatic hydroxyl groups excluding tert-OH is 1. The zero-order chi connectivity index (χ0) is 10.6. The summed E-state index contributed by atoms with van der Waals surface area (Å²) >= 11 is 0. The highest BCUT2D eigenvalue weighted by molar-refractivity contribution is 4.79. The van der Waals surface area contributed by atoms with E-state index in [0.717, 1.165) is 26.1 Å². The Kier molecular flexibility index (Phi) is 4.35. The molecule has 1 rings (SSSR count). The quantitative estimate of drug-likeness (QED) is 0.627. The van der Waals surface area contributed by atoms with Crippen LogP contribution in [0.2, 0.25) is 0 Å². The van der Waals surface area contributed by atoms with Gasteiger partial charge in [-0.05, 0) is 24.8 Å². The van der Waals surface area contributed by atoms with Crippen LogP contribution in [0.3, 0.4) is 0 Å². The Morgan fingerprint density at radius 1 is 1.50 bits per heavy atom. The summed E-state index contributed by atoms with van der Waals surface area (Å²) in [5.74, 6) is 0. The third-order valence-corrected chi connectivity index (χ3v) is 2.55. The molecule has 1 saturated heterocycles. The van der Waals surface area contributed by atoms with Crippen LogP contribution in [0.1, 0.15) is 33.6 Å². The number of hydrogen-bond acceptors (Lipinski definition) is 3. The first-order chi connectivity index (χ1) is 6.47. The molecule has 0 aromatic heterocycles. The summed E-state index contributed by atoms with van der Waals surface area (Å²) in [6.45, 7) is 9.35. The number of aliphatic hydroxyl groups is 1. The molecule has 3 nitrogen and oxygen atoms in total. The fourth-order valence-corrected chi connectivity index (χ4v) is 1.91. The average Bonchev–Trinajstić information content (AvgIpc) is 2.49. The lowest BCUT2D eigenvalue weighted by atomic mass is 9.89. The number of hydrogen-bond donors (Lipinski definition) is 3. The normalized spacial score (nSPS) is 25.3. The lowest BCUT2D eigenvalue weighted by molar-refractivity contribution is 0.117. The monoisotopic (exact) mass is 200 g/mol. The highest BCUT2D eigenvalue weighted by Crippen LogP contribution is 2.20. The molecule has 0 aromatic carbocycles. The van der Waals surface area contributed by atoms with Gasteiger partial charge in [0.15, 0.2) is 0 Å². The van der Waals surface area contributed by atoms with Crippen LogP contribution in [0.15, 0.2) is 0 Å². The van der Waals surface area contributed by atoms with E-state index in [1.165, 1.54) is 6.42 Å². The van der Waals surface area contributed by atoms with Crippen molar-refractivity contribution in [1.29, 1.82) is 0 Å². The van der Waals surface area contributed by atoms with Crippen molar-refractivity contribution < 1.29 is 5.11 Å². The average molecular weight is 200 g/mol. The zero-order valence-electron chi connectivity index (χ0n) is 9.64. The van der Waals surface area contributed by atoms with Crippen molar-refractivity contribution in [3.8, 4) is 0 Å².